The molecule has 2 aliphatic heterocycles. The van der Waals surface area contributed by atoms with Crippen molar-refractivity contribution in [3.8, 4) is 0 Å². The molecule has 1 unspecified atom stereocenters. The van der Waals surface area contributed by atoms with E-state index in [2.05, 4.69) is 34.1 Å². The van der Waals surface area contributed by atoms with Crippen LogP contribution < -0.4 is 0 Å². The van der Waals surface area contributed by atoms with Gasteiger partial charge in [0.25, 0.3) is 5.91 Å². The Labute approximate surface area is 216 Å². The van der Waals surface area contributed by atoms with Gasteiger partial charge in [0.2, 0.25) is 0 Å². The Kier molecular flexibility index (Phi) is 7.49. The van der Waals surface area contributed by atoms with Crippen molar-refractivity contribution in [2.75, 3.05) is 32.7 Å². The number of carbonyl (C=O) groups is 1. The van der Waals surface area contributed by atoms with Crippen molar-refractivity contribution in [3.05, 3.63) is 106 Å². The van der Waals surface area contributed by atoms with E-state index in [0.717, 1.165) is 49.6 Å². The molecule has 0 N–H and O–H groups in total. The standard InChI is InChI=1S/C28H28Cl2N4O/c29-24-12-6-4-10-22(24)26-18-27(23-11-5-7-13-25(23)30)34(31-26)28(35)20-33-16-14-32(15-17-33)19-21-8-2-1-3-9-21/h1-13,27H,14-20H2. The summed E-state index contributed by atoms with van der Waals surface area (Å²) in [7, 11) is 0. The van der Waals surface area contributed by atoms with Crippen LogP contribution in [0.5, 0.6) is 0 Å². The second-order valence-electron chi connectivity index (χ2n) is 9.04. The third-order valence-corrected chi connectivity index (χ3v) is 7.36. The molecule has 3 aromatic carbocycles. The molecule has 1 fully saturated rings. The highest BCUT2D eigenvalue weighted by molar-refractivity contribution is 6.34. The second-order valence-corrected chi connectivity index (χ2v) is 9.86. The van der Waals surface area contributed by atoms with Gasteiger partial charge in [-0.15, -0.1) is 0 Å². The fourth-order valence-corrected chi connectivity index (χ4v) is 5.30. The fraction of sp³-hybridized carbons (Fsp3) is 0.286. The van der Waals surface area contributed by atoms with E-state index in [1.165, 1.54) is 5.56 Å². The Morgan fingerprint density at radius 2 is 1.43 bits per heavy atom. The first kappa shape index (κ1) is 24.0. The molecule has 3 aromatic rings. The van der Waals surface area contributed by atoms with Crippen molar-refractivity contribution in [2.24, 2.45) is 5.10 Å². The minimum absolute atomic E-state index is 0.0199. The summed E-state index contributed by atoms with van der Waals surface area (Å²) in [4.78, 5) is 18.2. The maximum absolute atomic E-state index is 13.5. The summed E-state index contributed by atoms with van der Waals surface area (Å²) >= 11 is 13.0. The summed E-state index contributed by atoms with van der Waals surface area (Å²) in [5.74, 6) is -0.0199. The molecule has 0 spiro atoms. The van der Waals surface area contributed by atoms with Gasteiger partial charge in [-0.1, -0.05) is 89.9 Å². The Hall–Kier alpha value is -2.70. The van der Waals surface area contributed by atoms with E-state index in [9.17, 15) is 4.79 Å². The first-order chi connectivity index (χ1) is 17.1. The van der Waals surface area contributed by atoms with Crippen molar-refractivity contribution in [3.63, 3.8) is 0 Å². The molecule has 2 aliphatic rings. The van der Waals surface area contributed by atoms with E-state index in [4.69, 9.17) is 28.3 Å². The minimum atomic E-state index is -0.248. The van der Waals surface area contributed by atoms with Crippen LogP contribution in [0.1, 0.15) is 29.2 Å². The third-order valence-electron chi connectivity index (χ3n) is 6.69. The van der Waals surface area contributed by atoms with E-state index >= 15 is 0 Å². The zero-order valence-electron chi connectivity index (χ0n) is 19.5. The molecule has 180 valence electrons. The first-order valence-electron chi connectivity index (χ1n) is 12.0. The van der Waals surface area contributed by atoms with Gasteiger partial charge in [0.05, 0.1) is 18.3 Å². The van der Waals surface area contributed by atoms with Gasteiger partial charge in [0, 0.05) is 54.8 Å². The molecule has 5 nitrogen and oxygen atoms in total. The number of piperazine rings is 1. The molecule has 1 amide bonds. The van der Waals surface area contributed by atoms with E-state index in [-0.39, 0.29) is 11.9 Å². The molecular formula is C28H28Cl2N4O. The lowest BCUT2D eigenvalue weighted by atomic mass is 9.98. The van der Waals surface area contributed by atoms with Crippen LogP contribution in [0.25, 0.3) is 0 Å². The number of carbonyl (C=O) groups excluding carboxylic acids is 1. The van der Waals surface area contributed by atoms with Crippen molar-refractivity contribution in [2.45, 2.75) is 19.0 Å². The number of amides is 1. The van der Waals surface area contributed by atoms with Gasteiger partial charge in [0.15, 0.2) is 0 Å². The maximum Gasteiger partial charge on any atom is 0.257 e. The van der Waals surface area contributed by atoms with Crippen LogP contribution >= 0.6 is 23.2 Å². The van der Waals surface area contributed by atoms with E-state index in [1.54, 1.807) is 5.01 Å². The van der Waals surface area contributed by atoms with Gasteiger partial charge >= 0.3 is 0 Å². The Morgan fingerprint density at radius 1 is 0.800 bits per heavy atom. The number of nitrogens with zero attached hydrogens (tertiary/aromatic N) is 4. The highest BCUT2D eigenvalue weighted by Gasteiger charge is 2.35. The third kappa shape index (κ3) is 5.60. The van der Waals surface area contributed by atoms with Crippen LogP contribution in [-0.2, 0) is 11.3 Å². The van der Waals surface area contributed by atoms with E-state index in [0.29, 0.717) is 23.0 Å². The Bertz CT molecular complexity index is 1210. The second kappa shape index (κ2) is 10.9. The van der Waals surface area contributed by atoms with Crippen molar-refractivity contribution in [1.29, 1.82) is 0 Å². The largest absolute Gasteiger partial charge is 0.297 e. The summed E-state index contributed by atoms with van der Waals surface area (Å²) in [6, 6.07) is 25.6. The normalized spacial score (nSPS) is 19.1. The number of halogens is 2. The SMILES string of the molecule is O=C(CN1CCN(Cc2ccccc2)CC1)N1N=C(c2ccccc2Cl)CC1c1ccccc1Cl. The monoisotopic (exact) mass is 506 g/mol. The van der Waals surface area contributed by atoms with Crippen molar-refractivity contribution in [1.82, 2.24) is 14.8 Å². The molecule has 7 heteroatoms. The molecule has 0 aliphatic carbocycles. The summed E-state index contributed by atoms with van der Waals surface area (Å²) in [5, 5.41) is 7.67. The van der Waals surface area contributed by atoms with Crippen LogP contribution in [0.4, 0.5) is 0 Å². The minimum Gasteiger partial charge on any atom is -0.297 e. The zero-order chi connectivity index (χ0) is 24.2. The molecule has 0 bridgehead atoms. The first-order valence-corrected chi connectivity index (χ1v) is 12.7. The predicted octanol–water partition coefficient (Wildman–Crippen LogP) is 5.49. The molecule has 0 aromatic heterocycles. The molecule has 2 heterocycles. The lowest BCUT2D eigenvalue weighted by molar-refractivity contribution is -0.134. The van der Waals surface area contributed by atoms with Gasteiger partial charge in [-0.2, -0.15) is 5.10 Å². The Balaban J connectivity index is 1.29. The number of rotatable bonds is 6. The van der Waals surface area contributed by atoms with Crippen molar-refractivity contribution >= 4 is 34.8 Å². The van der Waals surface area contributed by atoms with Gasteiger partial charge in [0.1, 0.15) is 0 Å². The smallest absolute Gasteiger partial charge is 0.257 e. The van der Waals surface area contributed by atoms with Crippen LogP contribution in [0.15, 0.2) is 84.0 Å². The van der Waals surface area contributed by atoms with E-state index in [1.807, 2.05) is 54.6 Å². The summed E-state index contributed by atoms with van der Waals surface area (Å²) in [6.45, 7) is 4.84. The molecule has 1 saturated heterocycles. The van der Waals surface area contributed by atoms with Crippen LogP contribution in [0, 0.1) is 0 Å². The van der Waals surface area contributed by atoms with Crippen LogP contribution in [0.2, 0.25) is 10.0 Å². The molecule has 0 saturated carbocycles. The highest BCUT2D eigenvalue weighted by atomic mass is 35.5. The Morgan fingerprint density at radius 3 is 2.14 bits per heavy atom. The van der Waals surface area contributed by atoms with Crippen molar-refractivity contribution < 1.29 is 4.79 Å². The fourth-order valence-electron chi connectivity index (χ4n) is 4.80. The van der Waals surface area contributed by atoms with E-state index < -0.39 is 0 Å². The molecule has 1 atom stereocenters. The van der Waals surface area contributed by atoms with Gasteiger partial charge in [-0.3, -0.25) is 14.6 Å². The van der Waals surface area contributed by atoms with Crippen LogP contribution in [0.3, 0.4) is 0 Å². The number of hydrogen-bond acceptors (Lipinski definition) is 4. The molecular weight excluding hydrogens is 479 g/mol. The predicted molar refractivity (Wildman–Crippen MR) is 142 cm³/mol. The highest BCUT2D eigenvalue weighted by Crippen LogP contribution is 2.37. The topological polar surface area (TPSA) is 39.2 Å². The number of hydrazone groups is 1. The van der Waals surface area contributed by atoms with Gasteiger partial charge in [-0.05, 0) is 23.3 Å². The lowest BCUT2D eigenvalue weighted by Crippen LogP contribution is -2.49. The average Bonchev–Trinajstić information content (AvgIpc) is 3.32. The molecule has 5 rings (SSSR count). The molecule has 35 heavy (non-hydrogen) atoms. The van der Waals surface area contributed by atoms with Crippen LogP contribution in [-0.4, -0.2) is 59.2 Å². The quantitative estimate of drug-likeness (QED) is 0.443. The summed E-state index contributed by atoms with van der Waals surface area (Å²) in [5.41, 5.74) is 3.89. The van der Waals surface area contributed by atoms with Gasteiger partial charge < -0.3 is 0 Å². The summed E-state index contributed by atoms with van der Waals surface area (Å²) in [6.07, 6.45) is 0.573. The zero-order valence-corrected chi connectivity index (χ0v) is 21.0. The number of benzene rings is 3. The maximum atomic E-state index is 13.5. The molecule has 0 radical (unpaired) electrons. The average molecular weight is 507 g/mol. The lowest BCUT2D eigenvalue weighted by Gasteiger charge is -2.35. The summed E-state index contributed by atoms with van der Waals surface area (Å²) < 4.78 is 0. The number of hydrogen-bond donors (Lipinski definition) is 0. The van der Waals surface area contributed by atoms with Gasteiger partial charge in [-0.25, -0.2) is 5.01 Å².